The van der Waals surface area contributed by atoms with Gasteiger partial charge in [-0.1, -0.05) is 35.9 Å². The first-order valence-electron chi connectivity index (χ1n) is 7.44. The molecular formula is C18H18N2O2S2. The molecule has 24 heavy (non-hydrogen) atoms. The van der Waals surface area contributed by atoms with Gasteiger partial charge in [0.1, 0.15) is 5.01 Å². The average Bonchev–Trinajstić information content (AvgIpc) is 2.88. The molecule has 1 N–H and O–H groups in total. The predicted octanol–water partition coefficient (Wildman–Crippen LogP) is 4.47. The molecule has 0 spiro atoms. The van der Waals surface area contributed by atoms with Gasteiger partial charge in [0.25, 0.3) is 0 Å². The van der Waals surface area contributed by atoms with E-state index in [0.29, 0.717) is 5.69 Å². The largest absolute Gasteiger partial charge is 0.284 e. The van der Waals surface area contributed by atoms with Crippen LogP contribution in [0.2, 0.25) is 0 Å². The van der Waals surface area contributed by atoms with Gasteiger partial charge in [-0.2, -0.15) is 0 Å². The van der Waals surface area contributed by atoms with Crippen LogP contribution in [-0.4, -0.2) is 19.7 Å². The number of aryl methyl sites for hydroxylation is 2. The molecule has 0 fully saturated rings. The summed E-state index contributed by atoms with van der Waals surface area (Å²) in [6.45, 7) is 4.12. The molecule has 0 atom stereocenters. The third-order valence-corrected chi connectivity index (χ3v) is 5.15. The van der Waals surface area contributed by atoms with E-state index >= 15 is 0 Å². The van der Waals surface area contributed by atoms with Crippen molar-refractivity contribution in [1.82, 2.24) is 4.98 Å². The van der Waals surface area contributed by atoms with E-state index in [1.54, 1.807) is 23.5 Å². The van der Waals surface area contributed by atoms with Crippen LogP contribution >= 0.6 is 11.3 Å². The molecule has 0 amide bonds. The maximum Gasteiger partial charge on any atom is 0.229 e. The Balaban J connectivity index is 1.93. The molecule has 0 aliphatic carbocycles. The Morgan fingerprint density at radius 3 is 2.33 bits per heavy atom. The van der Waals surface area contributed by atoms with Crippen LogP contribution in [0.15, 0.2) is 48.5 Å². The van der Waals surface area contributed by atoms with Crippen LogP contribution in [0.1, 0.15) is 10.4 Å². The van der Waals surface area contributed by atoms with Crippen molar-refractivity contribution in [2.75, 3.05) is 11.0 Å². The van der Waals surface area contributed by atoms with Gasteiger partial charge in [0.05, 0.1) is 11.9 Å². The summed E-state index contributed by atoms with van der Waals surface area (Å²) >= 11 is 1.66. The zero-order valence-corrected chi connectivity index (χ0v) is 15.3. The van der Waals surface area contributed by atoms with E-state index in [4.69, 9.17) is 4.98 Å². The average molecular weight is 358 g/mol. The molecule has 1 aromatic heterocycles. The van der Waals surface area contributed by atoms with Crippen molar-refractivity contribution in [3.05, 3.63) is 59.0 Å². The molecule has 6 heteroatoms. The molecule has 3 rings (SSSR count). The fourth-order valence-electron chi connectivity index (χ4n) is 2.48. The zero-order valence-electron chi connectivity index (χ0n) is 13.7. The number of nitrogens with one attached hydrogen (secondary N) is 1. The van der Waals surface area contributed by atoms with E-state index in [-0.39, 0.29) is 0 Å². The predicted molar refractivity (Wildman–Crippen MR) is 101 cm³/mol. The Kier molecular flexibility index (Phi) is 4.43. The number of aromatic nitrogens is 1. The number of nitrogens with zero attached hydrogens (tertiary/aromatic N) is 1. The first-order chi connectivity index (χ1) is 11.3. The summed E-state index contributed by atoms with van der Waals surface area (Å²) in [4.78, 5) is 5.91. The molecular weight excluding hydrogens is 340 g/mol. The van der Waals surface area contributed by atoms with Crippen molar-refractivity contribution in [3.8, 4) is 21.8 Å². The molecule has 4 nitrogen and oxygen atoms in total. The fourth-order valence-corrected chi connectivity index (χ4v) is 3.97. The molecule has 3 aromatic rings. The highest BCUT2D eigenvalue weighted by atomic mass is 32.2. The van der Waals surface area contributed by atoms with Crippen molar-refractivity contribution >= 4 is 27.0 Å². The van der Waals surface area contributed by atoms with Gasteiger partial charge in [0.2, 0.25) is 10.0 Å². The molecule has 0 saturated carbocycles. The third kappa shape index (κ3) is 3.83. The summed E-state index contributed by atoms with van der Waals surface area (Å²) in [5, 5.41) is 0.990. The van der Waals surface area contributed by atoms with Gasteiger partial charge in [0.15, 0.2) is 0 Å². The lowest BCUT2D eigenvalue weighted by molar-refractivity contribution is 0.607. The van der Waals surface area contributed by atoms with Gasteiger partial charge in [-0.3, -0.25) is 4.72 Å². The van der Waals surface area contributed by atoms with Gasteiger partial charge < -0.3 is 0 Å². The summed E-state index contributed by atoms with van der Waals surface area (Å²) in [6, 6.07) is 15.6. The van der Waals surface area contributed by atoms with Gasteiger partial charge in [-0.05, 0) is 32.0 Å². The van der Waals surface area contributed by atoms with Crippen LogP contribution in [0.3, 0.4) is 0 Å². The number of rotatable bonds is 4. The molecule has 0 aliphatic heterocycles. The van der Waals surface area contributed by atoms with Crippen molar-refractivity contribution < 1.29 is 8.42 Å². The van der Waals surface area contributed by atoms with Crippen molar-refractivity contribution in [2.24, 2.45) is 0 Å². The van der Waals surface area contributed by atoms with E-state index < -0.39 is 10.0 Å². The Hall–Kier alpha value is -2.18. The lowest BCUT2D eigenvalue weighted by Crippen LogP contribution is -2.09. The maximum atomic E-state index is 11.3. The van der Waals surface area contributed by atoms with Gasteiger partial charge in [-0.15, -0.1) is 11.3 Å². The summed E-state index contributed by atoms with van der Waals surface area (Å²) < 4.78 is 25.0. The van der Waals surface area contributed by atoms with Crippen molar-refractivity contribution in [3.63, 3.8) is 0 Å². The molecule has 124 valence electrons. The highest BCUT2D eigenvalue weighted by Gasteiger charge is 2.12. The summed E-state index contributed by atoms with van der Waals surface area (Å²) in [5.74, 6) is 0. The highest BCUT2D eigenvalue weighted by molar-refractivity contribution is 7.92. The minimum absolute atomic E-state index is 0.549. The quantitative estimate of drug-likeness (QED) is 0.749. The molecule has 0 bridgehead atoms. The first-order valence-corrected chi connectivity index (χ1v) is 10.2. The number of hydrogen-bond acceptors (Lipinski definition) is 4. The minimum Gasteiger partial charge on any atom is -0.284 e. The third-order valence-electron chi connectivity index (χ3n) is 3.52. The molecule has 0 saturated heterocycles. The molecule has 0 unspecified atom stereocenters. The Bertz CT molecular complexity index is 975. The van der Waals surface area contributed by atoms with Crippen LogP contribution in [0.25, 0.3) is 21.8 Å². The van der Waals surface area contributed by atoms with E-state index in [1.165, 1.54) is 5.56 Å². The van der Waals surface area contributed by atoms with Crippen molar-refractivity contribution in [1.29, 1.82) is 0 Å². The SMILES string of the molecule is Cc1cccc(-c2nc(-c3ccc(NS(C)(=O)=O)cc3)c(C)s2)c1. The minimum atomic E-state index is -3.26. The normalized spacial score (nSPS) is 11.5. The maximum absolute atomic E-state index is 11.3. The number of hydrogen-bond donors (Lipinski definition) is 1. The number of sulfonamides is 1. The van der Waals surface area contributed by atoms with Crippen LogP contribution in [0, 0.1) is 13.8 Å². The topological polar surface area (TPSA) is 59.1 Å². The van der Waals surface area contributed by atoms with Gasteiger partial charge >= 0.3 is 0 Å². The van der Waals surface area contributed by atoms with Gasteiger partial charge in [-0.25, -0.2) is 13.4 Å². The lowest BCUT2D eigenvalue weighted by atomic mass is 10.1. The van der Waals surface area contributed by atoms with Crippen LogP contribution in [-0.2, 0) is 10.0 Å². The van der Waals surface area contributed by atoms with E-state index in [9.17, 15) is 8.42 Å². The molecule has 0 radical (unpaired) electrons. The summed E-state index contributed by atoms with van der Waals surface area (Å²) in [5.41, 5.74) is 4.78. The standard InChI is InChI=1S/C18H18N2O2S2/c1-12-5-4-6-15(11-12)18-19-17(13(2)23-18)14-7-9-16(10-8-14)20-24(3,21)22/h4-11,20H,1-3H3. The van der Waals surface area contributed by atoms with Gasteiger partial charge in [0, 0.05) is 21.7 Å². The highest BCUT2D eigenvalue weighted by Crippen LogP contribution is 2.33. The fraction of sp³-hybridized carbons (Fsp3) is 0.167. The van der Waals surface area contributed by atoms with Crippen LogP contribution in [0.5, 0.6) is 0 Å². The van der Waals surface area contributed by atoms with E-state index in [1.807, 2.05) is 18.2 Å². The monoisotopic (exact) mass is 358 g/mol. The second-order valence-corrected chi connectivity index (χ2v) is 8.70. The Morgan fingerprint density at radius 1 is 1.00 bits per heavy atom. The Labute approximate surface area is 146 Å². The lowest BCUT2D eigenvalue weighted by Gasteiger charge is -2.05. The van der Waals surface area contributed by atoms with Crippen LogP contribution in [0.4, 0.5) is 5.69 Å². The Morgan fingerprint density at radius 2 is 1.71 bits per heavy atom. The smallest absolute Gasteiger partial charge is 0.229 e. The number of anilines is 1. The summed E-state index contributed by atoms with van der Waals surface area (Å²) in [7, 11) is -3.26. The molecule has 1 heterocycles. The number of thiazole rings is 1. The van der Waals surface area contributed by atoms with E-state index in [0.717, 1.165) is 33.0 Å². The van der Waals surface area contributed by atoms with Crippen molar-refractivity contribution in [2.45, 2.75) is 13.8 Å². The van der Waals surface area contributed by atoms with Crippen LogP contribution < -0.4 is 4.72 Å². The summed E-state index contributed by atoms with van der Waals surface area (Å²) in [6.07, 6.45) is 1.14. The molecule has 2 aromatic carbocycles. The second kappa shape index (κ2) is 6.37. The first kappa shape index (κ1) is 16.7. The van der Waals surface area contributed by atoms with E-state index in [2.05, 4.69) is 36.8 Å². The zero-order chi connectivity index (χ0) is 17.3. The second-order valence-electron chi connectivity index (χ2n) is 5.74. The number of benzene rings is 2. The molecule has 0 aliphatic rings.